The number of aryl methyl sites for hydroxylation is 2. The molecular weight excluding hydrogens is 405 g/mol. The molecule has 0 spiro atoms. The van der Waals surface area contributed by atoms with E-state index in [4.69, 9.17) is 4.74 Å². The summed E-state index contributed by atoms with van der Waals surface area (Å²) in [6.07, 6.45) is 8.32. The Hall–Kier alpha value is -0.830. The van der Waals surface area contributed by atoms with Crippen molar-refractivity contribution in [3.8, 4) is 0 Å². The van der Waals surface area contributed by atoms with E-state index in [0.717, 1.165) is 51.3 Å². The Morgan fingerprint density at radius 1 is 1.48 bits per heavy atom. The molecule has 1 aromatic heterocycles. The summed E-state index contributed by atoms with van der Waals surface area (Å²) < 4.78 is 7.63. The minimum absolute atomic E-state index is 0. The van der Waals surface area contributed by atoms with E-state index < -0.39 is 0 Å². The molecule has 2 N–H and O–H groups in total. The van der Waals surface area contributed by atoms with Gasteiger partial charge in [-0.1, -0.05) is 0 Å². The highest BCUT2D eigenvalue weighted by Gasteiger charge is 2.29. The summed E-state index contributed by atoms with van der Waals surface area (Å²) in [6, 6.07) is 0. The van der Waals surface area contributed by atoms with Gasteiger partial charge in [0, 0.05) is 32.9 Å². The summed E-state index contributed by atoms with van der Waals surface area (Å²) in [7, 11) is 1.95. The van der Waals surface area contributed by atoms with Gasteiger partial charge >= 0.3 is 0 Å². The van der Waals surface area contributed by atoms with Crippen molar-refractivity contribution in [3.63, 3.8) is 0 Å². The minimum atomic E-state index is -0.0853. The van der Waals surface area contributed by atoms with Crippen molar-refractivity contribution >= 4 is 29.9 Å². The van der Waals surface area contributed by atoms with E-state index in [9.17, 15) is 0 Å². The van der Waals surface area contributed by atoms with E-state index in [1.807, 2.05) is 17.9 Å². The molecule has 0 aliphatic carbocycles. The Kier molecular flexibility index (Phi) is 8.90. The molecule has 1 atom stereocenters. The normalized spacial score (nSPS) is 21.1. The van der Waals surface area contributed by atoms with Crippen molar-refractivity contribution < 1.29 is 4.74 Å². The van der Waals surface area contributed by atoms with E-state index in [-0.39, 0.29) is 29.6 Å². The number of rotatable bonds is 7. The lowest BCUT2D eigenvalue weighted by atomic mass is 10.0. The Morgan fingerprint density at radius 3 is 2.91 bits per heavy atom. The lowest BCUT2D eigenvalue weighted by Gasteiger charge is -2.21. The molecule has 0 bridgehead atoms. The van der Waals surface area contributed by atoms with Crippen LogP contribution < -0.4 is 10.6 Å². The number of hydrogen-bond donors (Lipinski definition) is 2. The van der Waals surface area contributed by atoms with Gasteiger partial charge in [0.2, 0.25) is 0 Å². The van der Waals surface area contributed by atoms with Gasteiger partial charge in [0.1, 0.15) is 0 Å². The van der Waals surface area contributed by atoms with Gasteiger partial charge < -0.3 is 15.4 Å². The van der Waals surface area contributed by atoms with Gasteiger partial charge in [0.15, 0.2) is 5.96 Å². The molecular formula is C16H30IN5O. The van der Waals surface area contributed by atoms with Crippen molar-refractivity contribution in [2.24, 2.45) is 12.0 Å². The molecule has 0 radical (unpaired) electrons. The highest BCUT2D eigenvalue weighted by Crippen LogP contribution is 2.24. The quantitative estimate of drug-likeness (QED) is 0.298. The molecule has 132 valence electrons. The summed E-state index contributed by atoms with van der Waals surface area (Å²) in [4.78, 5) is 4.67. The molecule has 1 aromatic rings. The van der Waals surface area contributed by atoms with Crippen molar-refractivity contribution in [2.75, 3.05) is 26.2 Å². The third kappa shape index (κ3) is 7.07. The number of aliphatic imine (C=N–C) groups is 1. The fourth-order valence-electron chi connectivity index (χ4n) is 2.65. The first kappa shape index (κ1) is 20.2. The van der Waals surface area contributed by atoms with Crippen molar-refractivity contribution in [1.29, 1.82) is 0 Å². The molecule has 1 aliphatic rings. The number of nitrogens with one attached hydrogen (secondary N) is 2. The standard InChI is InChI=1S/C16H29N5O.HI/c1-4-17-15(19-13-16(2)8-6-10-22-16)18-9-5-7-14-11-20-21(3)12-14;/h11-12H,4-10,13H2,1-3H3,(H2,17,18,19);1H. The fourth-order valence-corrected chi connectivity index (χ4v) is 2.65. The predicted molar refractivity (Wildman–Crippen MR) is 105 cm³/mol. The lowest BCUT2D eigenvalue weighted by Crippen LogP contribution is -2.39. The van der Waals surface area contributed by atoms with Crippen LogP contribution in [0.25, 0.3) is 0 Å². The fraction of sp³-hybridized carbons (Fsp3) is 0.750. The van der Waals surface area contributed by atoms with Crippen LogP contribution >= 0.6 is 24.0 Å². The zero-order chi connectivity index (χ0) is 15.8. The SMILES string of the molecule is CCNC(=NCC1(C)CCCO1)NCCCc1cnn(C)c1.I. The third-order valence-corrected chi connectivity index (χ3v) is 3.91. The predicted octanol–water partition coefficient (Wildman–Crippen LogP) is 2.09. The molecule has 6 nitrogen and oxygen atoms in total. The highest BCUT2D eigenvalue weighted by atomic mass is 127. The number of ether oxygens (including phenoxy) is 1. The maximum atomic E-state index is 5.78. The van der Waals surface area contributed by atoms with Crippen LogP contribution in [0.1, 0.15) is 38.7 Å². The second kappa shape index (κ2) is 10.1. The van der Waals surface area contributed by atoms with Gasteiger partial charge in [-0.15, -0.1) is 24.0 Å². The second-order valence-electron chi connectivity index (χ2n) is 6.15. The molecule has 1 aliphatic heterocycles. The van der Waals surface area contributed by atoms with Crippen molar-refractivity contribution in [2.45, 2.75) is 45.1 Å². The maximum Gasteiger partial charge on any atom is 0.191 e. The maximum absolute atomic E-state index is 5.78. The second-order valence-corrected chi connectivity index (χ2v) is 6.15. The number of aromatic nitrogens is 2. The van der Waals surface area contributed by atoms with Crippen LogP contribution in [0.15, 0.2) is 17.4 Å². The summed E-state index contributed by atoms with van der Waals surface area (Å²) in [5.41, 5.74) is 1.19. The molecule has 2 rings (SSSR count). The topological polar surface area (TPSA) is 63.5 Å². The van der Waals surface area contributed by atoms with E-state index in [1.54, 1.807) is 0 Å². The van der Waals surface area contributed by atoms with Gasteiger partial charge in [0.25, 0.3) is 0 Å². The molecule has 23 heavy (non-hydrogen) atoms. The summed E-state index contributed by atoms with van der Waals surface area (Å²) in [5.74, 6) is 0.880. The molecule has 0 aromatic carbocycles. The van der Waals surface area contributed by atoms with Gasteiger partial charge in [-0.3, -0.25) is 9.67 Å². The minimum Gasteiger partial charge on any atom is -0.373 e. The van der Waals surface area contributed by atoms with Gasteiger partial charge in [0.05, 0.1) is 18.3 Å². The third-order valence-electron chi connectivity index (χ3n) is 3.91. The smallest absolute Gasteiger partial charge is 0.191 e. The van der Waals surface area contributed by atoms with Crippen LogP contribution in [0.4, 0.5) is 0 Å². The monoisotopic (exact) mass is 435 g/mol. The van der Waals surface area contributed by atoms with Crippen LogP contribution in [-0.2, 0) is 18.2 Å². The molecule has 0 amide bonds. The largest absolute Gasteiger partial charge is 0.373 e. The number of guanidine groups is 1. The lowest BCUT2D eigenvalue weighted by molar-refractivity contribution is 0.0283. The van der Waals surface area contributed by atoms with Crippen molar-refractivity contribution in [3.05, 3.63) is 18.0 Å². The van der Waals surface area contributed by atoms with Crippen LogP contribution in [0.2, 0.25) is 0 Å². The molecule has 1 fully saturated rings. The Balaban J connectivity index is 0.00000264. The van der Waals surface area contributed by atoms with Gasteiger partial charge in [-0.25, -0.2) is 0 Å². The Bertz CT molecular complexity index is 483. The Morgan fingerprint density at radius 2 is 2.30 bits per heavy atom. The zero-order valence-electron chi connectivity index (χ0n) is 14.5. The molecule has 1 unspecified atom stereocenters. The van der Waals surface area contributed by atoms with E-state index in [0.29, 0.717) is 6.54 Å². The van der Waals surface area contributed by atoms with Crippen LogP contribution in [0, 0.1) is 0 Å². The van der Waals surface area contributed by atoms with E-state index in [1.165, 1.54) is 5.56 Å². The van der Waals surface area contributed by atoms with Gasteiger partial charge in [-0.2, -0.15) is 5.10 Å². The first-order valence-corrected chi connectivity index (χ1v) is 8.25. The average Bonchev–Trinajstić information content (AvgIpc) is 3.10. The van der Waals surface area contributed by atoms with Gasteiger partial charge in [-0.05, 0) is 45.1 Å². The first-order valence-electron chi connectivity index (χ1n) is 8.25. The number of nitrogens with zero attached hydrogens (tertiary/aromatic N) is 3. The Labute approximate surface area is 156 Å². The van der Waals surface area contributed by atoms with E-state index >= 15 is 0 Å². The molecule has 1 saturated heterocycles. The average molecular weight is 435 g/mol. The number of halogens is 1. The van der Waals surface area contributed by atoms with E-state index in [2.05, 4.69) is 40.8 Å². The number of hydrogen-bond acceptors (Lipinski definition) is 3. The van der Waals surface area contributed by atoms with Crippen LogP contribution in [-0.4, -0.2) is 47.6 Å². The van der Waals surface area contributed by atoms with Crippen LogP contribution in [0.3, 0.4) is 0 Å². The summed E-state index contributed by atoms with van der Waals surface area (Å²) in [5, 5.41) is 10.9. The molecule has 7 heteroatoms. The zero-order valence-corrected chi connectivity index (χ0v) is 16.8. The highest BCUT2D eigenvalue weighted by molar-refractivity contribution is 14.0. The molecule has 2 heterocycles. The van der Waals surface area contributed by atoms with Crippen molar-refractivity contribution in [1.82, 2.24) is 20.4 Å². The van der Waals surface area contributed by atoms with Crippen LogP contribution in [0.5, 0.6) is 0 Å². The molecule has 0 saturated carbocycles. The summed E-state index contributed by atoms with van der Waals surface area (Å²) in [6.45, 7) is 7.58. The summed E-state index contributed by atoms with van der Waals surface area (Å²) >= 11 is 0. The first-order chi connectivity index (χ1) is 10.6.